The first-order valence-electron chi connectivity index (χ1n) is 3.28. The van der Waals surface area contributed by atoms with E-state index < -0.39 is 7.37 Å². The zero-order valence-electron chi connectivity index (χ0n) is 6.33. The van der Waals surface area contributed by atoms with Crippen molar-refractivity contribution in [2.45, 2.75) is 13.8 Å². The van der Waals surface area contributed by atoms with Crippen LogP contribution < -0.4 is 0 Å². The Balaban J connectivity index is 3.99. The van der Waals surface area contributed by atoms with Crippen LogP contribution in [0.3, 0.4) is 0 Å². The van der Waals surface area contributed by atoms with E-state index in [9.17, 15) is 4.57 Å². The van der Waals surface area contributed by atoms with Crippen molar-refractivity contribution in [3.05, 3.63) is 0 Å². The molecule has 0 rings (SSSR count). The second kappa shape index (κ2) is 4.49. The third-order valence-corrected chi connectivity index (χ3v) is 3.47. The summed E-state index contributed by atoms with van der Waals surface area (Å²) in [6.07, 6.45) is 0.492. The molecule has 10 heavy (non-hydrogen) atoms. The lowest BCUT2D eigenvalue weighted by molar-refractivity contribution is 0.336. The van der Waals surface area contributed by atoms with Crippen molar-refractivity contribution in [3.63, 3.8) is 0 Å². The number of nitrogens with zero attached hydrogens (tertiary/aromatic N) is 1. The summed E-state index contributed by atoms with van der Waals surface area (Å²) in [7, 11) is -2.56. The molecule has 0 radical (unpaired) electrons. The van der Waals surface area contributed by atoms with E-state index in [-0.39, 0.29) is 6.16 Å². The minimum atomic E-state index is -2.56. The Morgan fingerprint density at radius 1 is 1.60 bits per heavy atom. The molecule has 0 saturated heterocycles. The summed E-state index contributed by atoms with van der Waals surface area (Å²) >= 11 is 0. The highest BCUT2D eigenvalue weighted by molar-refractivity contribution is 7.59. The zero-order chi connectivity index (χ0) is 8.04. The highest BCUT2D eigenvalue weighted by Crippen LogP contribution is 2.45. The third-order valence-electron chi connectivity index (χ3n) is 1.16. The van der Waals surface area contributed by atoms with E-state index in [0.29, 0.717) is 12.8 Å². The van der Waals surface area contributed by atoms with Crippen LogP contribution >= 0.6 is 7.37 Å². The number of hydrogen-bond donors (Lipinski definition) is 0. The maximum absolute atomic E-state index is 11.3. The fraction of sp³-hybridized carbons (Fsp3) is 0.833. The van der Waals surface area contributed by atoms with Gasteiger partial charge < -0.3 is 4.52 Å². The van der Waals surface area contributed by atoms with Gasteiger partial charge in [-0.2, -0.15) is 5.26 Å². The van der Waals surface area contributed by atoms with Gasteiger partial charge in [-0.15, -0.1) is 0 Å². The zero-order valence-corrected chi connectivity index (χ0v) is 7.23. The summed E-state index contributed by atoms with van der Waals surface area (Å²) in [5, 5.41) is 8.26. The van der Waals surface area contributed by atoms with Crippen LogP contribution in [0.4, 0.5) is 0 Å². The Labute approximate surface area is 61.4 Å². The molecule has 0 aromatic carbocycles. The van der Waals surface area contributed by atoms with Crippen molar-refractivity contribution in [1.29, 1.82) is 5.26 Å². The second-order valence-corrected chi connectivity index (χ2v) is 4.70. The van der Waals surface area contributed by atoms with Crippen molar-refractivity contribution >= 4 is 7.37 Å². The predicted octanol–water partition coefficient (Wildman–Crippen LogP) is 1.84. The van der Waals surface area contributed by atoms with Crippen molar-refractivity contribution in [3.8, 4) is 6.07 Å². The number of rotatable bonds is 4. The molecule has 0 bridgehead atoms. The van der Waals surface area contributed by atoms with Crippen LogP contribution in [-0.4, -0.2) is 18.9 Å². The molecule has 1 atom stereocenters. The van der Waals surface area contributed by atoms with E-state index in [0.717, 1.165) is 0 Å². The molecule has 0 aliphatic carbocycles. The minimum absolute atomic E-state index is 0.0390. The highest BCUT2D eigenvalue weighted by Gasteiger charge is 2.18. The largest absolute Gasteiger partial charge is 0.328 e. The van der Waals surface area contributed by atoms with Crippen molar-refractivity contribution in [2.75, 3.05) is 18.9 Å². The second-order valence-electron chi connectivity index (χ2n) is 1.86. The van der Waals surface area contributed by atoms with E-state index in [4.69, 9.17) is 9.79 Å². The molecule has 0 aromatic heterocycles. The van der Waals surface area contributed by atoms with Gasteiger partial charge in [-0.05, 0) is 6.92 Å². The molecule has 0 saturated carbocycles. The Morgan fingerprint density at radius 2 is 2.20 bits per heavy atom. The Kier molecular flexibility index (Phi) is 4.34. The molecule has 0 spiro atoms. The first-order valence-corrected chi connectivity index (χ1v) is 5.27. The molecule has 4 heteroatoms. The van der Waals surface area contributed by atoms with Crippen molar-refractivity contribution in [1.82, 2.24) is 0 Å². The topological polar surface area (TPSA) is 50.1 Å². The van der Waals surface area contributed by atoms with Gasteiger partial charge in [0, 0.05) is 6.16 Å². The van der Waals surface area contributed by atoms with E-state index in [2.05, 4.69) is 0 Å². The lowest BCUT2D eigenvalue weighted by atomic mass is 10.9. The molecule has 0 amide bonds. The lowest BCUT2D eigenvalue weighted by Gasteiger charge is -2.10. The maximum atomic E-state index is 11.3. The van der Waals surface area contributed by atoms with Gasteiger partial charge in [-0.1, -0.05) is 6.92 Å². The van der Waals surface area contributed by atoms with Crippen LogP contribution in [0.25, 0.3) is 0 Å². The third kappa shape index (κ3) is 3.00. The molecule has 1 unspecified atom stereocenters. The SMILES string of the molecule is CCOP(=O)(CC)CC#N. The Morgan fingerprint density at radius 3 is 2.50 bits per heavy atom. The van der Waals surface area contributed by atoms with E-state index in [1.165, 1.54) is 0 Å². The van der Waals surface area contributed by atoms with Crippen LogP contribution in [-0.2, 0) is 9.09 Å². The molecule has 3 nitrogen and oxygen atoms in total. The molecule has 0 aromatic rings. The van der Waals surface area contributed by atoms with Gasteiger partial charge in [-0.3, -0.25) is 4.57 Å². The fourth-order valence-corrected chi connectivity index (χ4v) is 1.78. The van der Waals surface area contributed by atoms with E-state index in [1.54, 1.807) is 13.8 Å². The number of hydrogen-bond acceptors (Lipinski definition) is 3. The molecule has 0 heterocycles. The molecule has 58 valence electrons. The van der Waals surface area contributed by atoms with Gasteiger partial charge in [0.1, 0.15) is 6.16 Å². The van der Waals surface area contributed by atoms with Crippen LogP contribution in [0.15, 0.2) is 0 Å². The summed E-state index contributed by atoms with van der Waals surface area (Å²) in [4.78, 5) is 0. The van der Waals surface area contributed by atoms with E-state index >= 15 is 0 Å². The van der Waals surface area contributed by atoms with Crippen molar-refractivity contribution in [2.24, 2.45) is 0 Å². The molecular weight excluding hydrogens is 149 g/mol. The fourth-order valence-electron chi connectivity index (χ4n) is 0.592. The summed E-state index contributed by atoms with van der Waals surface area (Å²) in [6.45, 7) is 3.97. The van der Waals surface area contributed by atoms with Gasteiger partial charge in [0.25, 0.3) is 0 Å². The summed E-state index contributed by atoms with van der Waals surface area (Å²) in [6, 6.07) is 1.86. The van der Waals surface area contributed by atoms with Gasteiger partial charge >= 0.3 is 0 Å². The molecule has 0 N–H and O–H groups in total. The molecular formula is C6H12NO2P. The van der Waals surface area contributed by atoms with Crippen LogP contribution in [0.1, 0.15) is 13.8 Å². The normalized spacial score (nSPS) is 15.7. The van der Waals surface area contributed by atoms with E-state index in [1.807, 2.05) is 6.07 Å². The van der Waals surface area contributed by atoms with Crippen LogP contribution in [0.2, 0.25) is 0 Å². The standard InChI is InChI=1S/C6H12NO2P/c1-3-9-10(8,4-2)6-5-7/h3-4,6H2,1-2H3. The first kappa shape index (κ1) is 9.68. The average molecular weight is 161 g/mol. The predicted molar refractivity (Wildman–Crippen MR) is 40.3 cm³/mol. The molecule has 0 fully saturated rings. The average Bonchev–Trinajstić information content (AvgIpc) is 1.89. The summed E-state index contributed by atoms with van der Waals surface area (Å²) in [5.41, 5.74) is 0. The van der Waals surface area contributed by atoms with Crippen molar-refractivity contribution < 1.29 is 9.09 Å². The lowest BCUT2D eigenvalue weighted by Crippen LogP contribution is -1.95. The van der Waals surface area contributed by atoms with Gasteiger partial charge in [0.15, 0.2) is 0 Å². The maximum Gasteiger partial charge on any atom is 0.216 e. The summed E-state index contributed by atoms with van der Waals surface area (Å²) in [5.74, 6) is 0. The quantitative estimate of drug-likeness (QED) is 0.591. The smallest absolute Gasteiger partial charge is 0.216 e. The van der Waals surface area contributed by atoms with Gasteiger partial charge in [0.2, 0.25) is 7.37 Å². The summed E-state index contributed by atoms with van der Waals surface area (Å²) < 4.78 is 16.3. The molecule has 0 aliphatic rings. The Hall–Kier alpha value is -0.320. The number of nitriles is 1. The first-order chi connectivity index (χ1) is 4.68. The van der Waals surface area contributed by atoms with Gasteiger partial charge in [0.05, 0.1) is 12.7 Å². The van der Waals surface area contributed by atoms with Crippen LogP contribution in [0.5, 0.6) is 0 Å². The molecule has 0 aliphatic heterocycles. The minimum Gasteiger partial charge on any atom is -0.328 e. The monoisotopic (exact) mass is 161 g/mol. The van der Waals surface area contributed by atoms with Gasteiger partial charge in [-0.25, -0.2) is 0 Å². The Bertz CT molecular complexity index is 173. The van der Waals surface area contributed by atoms with Crippen LogP contribution in [0, 0.1) is 11.3 Å². The highest BCUT2D eigenvalue weighted by atomic mass is 31.2.